The van der Waals surface area contributed by atoms with Crippen molar-refractivity contribution in [2.45, 2.75) is 25.8 Å². The van der Waals surface area contributed by atoms with E-state index in [1.165, 1.54) is 23.5 Å². The number of rotatable bonds is 6. The molecule has 1 fully saturated rings. The quantitative estimate of drug-likeness (QED) is 0.820. The smallest absolute Gasteiger partial charge is 0.317 e. The standard InChI is InChI=1S/C19H22FN3O3S/c1-2-22(11-17(24)25)15-7-9-23(10-8-15)19(26)16-12-27-18(21-16)13-3-5-14(20)6-4-13/h3-6,12,15H,2,7-11H2,1H3,(H,24,25). The molecule has 3 rings (SSSR count). The van der Waals surface area contributed by atoms with Crippen LogP contribution in [0.1, 0.15) is 30.3 Å². The predicted octanol–water partition coefficient (Wildman–Crippen LogP) is 2.96. The molecule has 2 heterocycles. The topological polar surface area (TPSA) is 73.7 Å². The zero-order valence-electron chi connectivity index (χ0n) is 15.1. The van der Waals surface area contributed by atoms with Crippen molar-refractivity contribution in [3.63, 3.8) is 0 Å². The molecule has 144 valence electrons. The molecule has 8 heteroatoms. The van der Waals surface area contributed by atoms with Crippen LogP contribution in [0.3, 0.4) is 0 Å². The fourth-order valence-corrected chi connectivity index (χ4v) is 4.17. The minimum atomic E-state index is -0.828. The number of carbonyl (C=O) groups excluding carboxylic acids is 1. The Hall–Kier alpha value is -2.32. The average Bonchev–Trinajstić information content (AvgIpc) is 3.16. The van der Waals surface area contributed by atoms with E-state index >= 15 is 0 Å². The van der Waals surface area contributed by atoms with Crippen LogP contribution in [0.4, 0.5) is 4.39 Å². The molecule has 6 nitrogen and oxygen atoms in total. The van der Waals surface area contributed by atoms with Gasteiger partial charge in [0, 0.05) is 30.1 Å². The zero-order valence-corrected chi connectivity index (χ0v) is 15.9. The maximum atomic E-state index is 13.0. The molecular weight excluding hydrogens is 369 g/mol. The summed E-state index contributed by atoms with van der Waals surface area (Å²) in [5, 5.41) is 11.4. The number of amides is 1. The normalized spacial score (nSPS) is 15.3. The Morgan fingerprint density at radius 3 is 2.56 bits per heavy atom. The molecule has 0 spiro atoms. The van der Waals surface area contributed by atoms with Gasteiger partial charge in [-0.3, -0.25) is 14.5 Å². The summed E-state index contributed by atoms with van der Waals surface area (Å²) < 4.78 is 13.0. The largest absolute Gasteiger partial charge is 0.480 e. The second-order valence-corrected chi connectivity index (χ2v) is 7.38. The van der Waals surface area contributed by atoms with Crippen LogP contribution in [0.2, 0.25) is 0 Å². The van der Waals surface area contributed by atoms with E-state index < -0.39 is 5.97 Å². The number of thiazole rings is 1. The Morgan fingerprint density at radius 1 is 1.30 bits per heavy atom. The third-order valence-electron chi connectivity index (χ3n) is 4.83. The fourth-order valence-electron chi connectivity index (χ4n) is 3.37. The molecule has 1 N–H and O–H groups in total. The van der Waals surface area contributed by atoms with Gasteiger partial charge in [-0.05, 0) is 43.7 Å². The minimum absolute atomic E-state index is 0.0300. The highest BCUT2D eigenvalue weighted by atomic mass is 32.1. The molecule has 0 aliphatic carbocycles. The first kappa shape index (κ1) is 19.4. The number of benzene rings is 1. The number of carboxylic acid groups (broad SMARTS) is 1. The maximum Gasteiger partial charge on any atom is 0.317 e. The molecular formula is C19H22FN3O3S. The molecule has 0 atom stereocenters. The molecule has 1 aliphatic heterocycles. The third-order valence-corrected chi connectivity index (χ3v) is 5.72. The molecule has 27 heavy (non-hydrogen) atoms. The van der Waals surface area contributed by atoms with Gasteiger partial charge in [-0.15, -0.1) is 11.3 Å². The van der Waals surface area contributed by atoms with E-state index in [1.54, 1.807) is 22.4 Å². The monoisotopic (exact) mass is 391 g/mol. The Labute approximate surface area is 161 Å². The van der Waals surface area contributed by atoms with Crippen LogP contribution in [-0.2, 0) is 4.79 Å². The van der Waals surface area contributed by atoms with Gasteiger partial charge in [-0.1, -0.05) is 6.92 Å². The van der Waals surface area contributed by atoms with Gasteiger partial charge in [0.15, 0.2) is 0 Å². The lowest BCUT2D eigenvalue weighted by molar-refractivity contribution is -0.139. The van der Waals surface area contributed by atoms with Crippen molar-refractivity contribution in [2.24, 2.45) is 0 Å². The molecule has 1 aliphatic rings. The van der Waals surface area contributed by atoms with Gasteiger partial charge in [-0.2, -0.15) is 0 Å². The number of hydrogen-bond acceptors (Lipinski definition) is 5. The van der Waals surface area contributed by atoms with Crippen molar-refractivity contribution in [1.82, 2.24) is 14.8 Å². The van der Waals surface area contributed by atoms with Gasteiger partial charge in [0.05, 0.1) is 6.54 Å². The molecule has 1 aromatic heterocycles. The summed E-state index contributed by atoms with van der Waals surface area (Å²) in [5.74, 6) is -1.25. The average molecular weight is 391 g/mol. The van der Waals surface area contributed by atoms with Gasteiger partial charge in [0.1, 0.15) is 16.5 Å². The van der Waals surface area contributed by atoms with E-state index in [-0.39, 0.29) is 24.3 Å². The Bertz CT molecular complexity index is 801. The number of carbonyl (C=O) groups is 2. The van der Waals surface area contributed by atoms with E-state index in [4.69, 9.17) is 5.11 Å². The first-order chi connectivity index (χ1) is 13.0. The lowest BCUT2D eigenvalue weighted by Crippen LogP contribution is -2.48. The number of aromatic nitrogens is 1. The van der Waals surface area contributed by atoms with Crippen molar-refractivity contribution < 1.29 is 19.1 Å². The second-order valence-electron chi connectivity index (χ2n) is 6.53. The van der Waals surface area contributed by atoms with Crippen molar-refractivity contribution in [2.75, 3.05) is 26.2 Å². The maximum absolute atomic E-state index is 13.0. The molecule has 0 bridgehead atoms. The van der Waals surface area contributed by atoms with E-state index in [0.717, 1.165) is 18.4 Å². The van der Waals surface area contributed by atoms with Crippen molar-refractivity contribution in [1.29, 1.82) is 0 Å². The lowest BCUT2D eigenvalue weighted by Gasteiger charge is -2.37. The van der Waals surface area contributed by atoms with Crippen LogP contribution in [0, 0.1) is 5.82 Å². The summed E-state index contributed by atoms with van der Waals surface area (Å²) in [6.45, 7) is 3.83. The second kappa shape index (κ2) is 8.58. The Kier molecular flexibility index (Phi) is 6.18. The number of halogens is 1. The molecule has 0 unspecified atom stereocenters. The molecule has 0 saturated carbocycles. The van der Waals surface area contributed by atoms with Gasteiger partial charge in [-0.25, -0.2) is 9.37 Å². The number of likely N-dealkylation sites (tertiary alicyclic amines) is 1. The minimum Gasteiger partial charge on any atom is -0.480 e. The highest BCUT2D eigenvalue weighted by Crippen LogP contribution is 2.25. The first-order valence-electron chi connectivity index (χ1n) is 8.94. The van der Waals surface area contributed by atoms with E-state index in [9.17, 15) is 14.0 Å². The van der Waals surface area contributed by atoms with E-state index in [0.29, 0.717) is 30.3 Å². The summed E-state index contributed by atoms with van der Waals surface area (Å²) in [6.07, 6.45) is 1.50. The number of hydrogen-bond donors (Lipinski definition) is 1. The molecule has 1 saturated heterocycles. The van der Waals surface area contributed by atoms with Crippen LogP contribution in [0.15, 0.2) is 29.6 Å². The van der Waals surface area contributed by atoms with E-state index in [1.807, 2.05) is 11.8 Å². The summed E-state index contributed by atoms with van der Waals surface area (Å²) in [4.78, 5) is 31.8. The zero-order chi connectivity index (χ0) is 19.4. The lowest BCUT2D eigenvalue weighted by atomic mass is 10.0. The predicted molar refractivity (Wildman–Crippen MR) is 101 cm³/mol. The number of likely N-dealkylation sites (N-methyl/N-ethyl adjacent to an activating group) is 1. The molecule has 0 radical (unpaired) electrons. The number of piperidine rings is 1. The van der Waals surface area contributed by atoms with Crippen molar-refractivity contribution in [3.8, 4) is 10.6 Å². The van der Waals surface area contributed by atoms with Crippen LogP contribution < -0.4 is 0 Å². The van der Waals surface area contributed by atoms with E-state index in [2.05, 4.69) is 4.98 Å². The van der Waals surface area contributed by atoms with Crippen LogP contribution in [0.25, 0.3) is 10.6 Å². The number of aliphatic carboxylic acids is 1. The fraction of sp³-hybridized carbons (Fsp3) is 0.421. The first-order valence-corrected chi connectivity index (χ1v) is 9.82. The molecule has 1 amide bonds. The summed E-state index contributed by atoms with van der Waals surface area (Å²) >= 11 is 1.36. The van der Waals surface area contributed by atoms with Gasteiger partial charge < -0.3 is 10.0 Å². The van der Waals surface area contributed by atoms with Gasteiger partial charge in [0.2, 0.25) is 0 Å². The Morgan fingerprint density at radius 2 is 1.96 bits per heavy atom. The number of nitrogens with zero attached hydrogens (tertiary/aromatic N) is 3. The third kappa shape index (κ3) is 4.70. The SMILES string of the molecule is CCN(CC(=O)O)C1CCN(C(=O)c2csc(-c3ccc(F)cc3)n2)CC1. The molecule has 1 aromatic carbocycles. The summed E-state index contributed by atoms with van der Waals surface area (Å²) in [5.41, 5.74) is 1.18. The van der Waals surface area contributed by atoms with Crippen LogP contribution >= 0.6 is 11.3 Å². The Balaban J connectivity index is 1.61. The highest BCUT2D eigenvalue weighted by Gasteiger charge is 2.28. The summed E-state index contributed by atoms with van der Waals surface area (Å²) in [7, 11) is 0. The van der Waals surface area contributed by atoms with Crippen LogP contribution in [-0.4, -0.2) is 64.0 Å². The highest BCUT2D eigenvalue weighted by molar-refractivity contribution is 7.13. The van der Waals surface area contributed by atoms with Crippen molar-refractivity contribution >= 4 is 23.2 Å². The van der Waals surface area contributed by atoms with Gasteiger partial charge in [0.25, 0.3) is 5.91 Å². The summed E-state index contributed by atoms with van der Waals surface area (Å²) in [6, 6.07) is 6.23. The van der Waals surface area contributed by atoms with Crippen LogP contribution in [0.5, 0.6) is 0 Å². The van der Waals surface area contributed by atoms with Gasteiger partial charge >= 0.3 is 5.97 Å². The van der Waals surface area contributed by atoms with Crippen molar-refractivity contribution in [3.05, 3.63) is 41.2 Å². The number of carboxylic acids is 1. The molecule has 2 aromatic rings.